The number of nitrogens with one attached hydrogen (secondary N) is 1. The molecular weight excluding hydrogens is 302 g/mol. The molecular formula is C19H27N3O2. The number of carbonyl (C=O) groups excluding carboxylic acids is 2. The third-order valence-electron chi connectivity index (χ3n) is 5.54. The van der Waals surface area contributed by atoms with Gasteiger partial charge in [0.25, 0.3) is 0 Å². The molecule has 3 rings (SSSR count). The molecule has 0 aliphatic carbocycles. The molecule has 0 aromatic heterocycles. The predicted molar refractivity (Wildman–Crippen MR) is 93.5 cm³/mol. The van der Waals surface area contributed by atoms with Crippen LogP contribution in [0.5, 0.6) is 0 Å². The highest BCUT2D eigenvalue weighted by Crippen LogP contribution is 2.39. The predicted octanol–water partition coefficient (Wildman–Crippen LogP) is 2.54. The molecule has 2 fully saturated rings. The van der Waals surface area contributed by atoms with Gasteiger partial charge in [0.15, 0.2) is 0 Å². The van der Waals surface area contributed by atoms with Crippen LogP contribution in [0.4, 0.5) is 4.79 Å². The maximum Gasteiger partial charge on any atom is 0.317 e. The van der Waals surface area contributed by atoms with Gasteiger partial charge >= 0.3 is 6.03 Å². The number of carbonyl (C=O) groups is 2. The minimum atomic E-state index is 0.0191. The van der Waals surface area contributed by atoms with E-state index in [9.17, 15) is 9.59 Å². The van der Waals surface area contributed by atoms with Crippen molar-refractivity contribution < 1.29 is 9.59 Å². The summed E-state index contributed by atoms with van der Waals surface area (Å²) in [5.41, 5.74) is 2.56. The quantitative estimate of drug-likeness (QED) is 0.906. The number of hydrogen-bond acceptors (Lipinski definition) is 2. The van der Waals surface area contributed by atoms with E-state index in [1.165, 1.54) is 5.56 Å². The molecule has 130 valence electrons. The average molecular weight is 329 g/mol. The summed E-state index contributed by atoms with van der Waals surface area (Å²) in [6.45, 7) is 5.02. The Labute approximate surface area is 144 Å². The molecule has 24 heavy (non-hydrogen) atoms. The van der Waals surface area contributed by atoms with Crippen molar-refractivity contribution in [3.63, 3.8) is 0 Å². The van der Waals surface area contributed by atoms with Crippen molar-refractivity contribution in [3.05, 3.63) is 35.4 Å². The largest absolute Gasteiger partial charge is 0.345 e. The lowest BCUT2D eigenvalue weighted by atomic mass is 9.72. The van der Waals surface area contributed by atoms with Crippen molar-refractivity contribution in [2.75, 3.05) is 26.7 Å². The molecule has 5 nitrogen and oxygen atoms in total. The molecule has 0 unspecified atom stereocenters. The topological polar surface area (TPSA) is 52.7 Å². The number of urea groups is 1. The Kier molecular flexibility index (Phi) is 4.78. The molecule has 0 saturated carbocycles. The normalized spacial score (nSPS) is 20.3. The van der Waals surface area contributed by atoms with Gasteiger partial charge in [0, 0.05) is 39.6 Å². The van der Waals surface area contributed by atoms with E-state index in [4.69, 9.17) is 0 Å². The summed E-state index contributed by atoms with van der Waals surface area (Å²) in [4.78, 5) is 27.8. The maximum absolute atomic E-state index is 12.4. The zero-order chi connectivity index (χ0) is 17.2. The van der Waals surface area contributed by atoms with Crippen LogP contribution in [0.2, 0.25) is 0 Å². The summed E-state index contributed by atoms with van der Waals surface area (Å²) in [6, 6.07) is 8.25. The van der Waals surface area contributed by atoms with Crippen LogP contribution < -0.4 is 5.32 Å². The summed E-state index contributed by atoms with van der Waals surface area (Å²) in [6.07, 6.45) is 3.59. The van der Waals surface area contributed by atoms with Crippen molar-refractivity contribution in [2.24, 2.45) is 5.41 Å². The molecule has 2 saturated heterocycles. The number of benzene rings is 1. The highest BCUT2D eigenvalue weighted by molar-refractivity contribution is 5.77. The van der Waals surface area contributed by atoms with Crippen molar-refractivity contribution >= 4 is 11.9 Å². The lowest BCUT2D eigenvalue weighted by Crippen LogP contribution is -2.52. The smallest absolute Gasteiger partial charge is 0.317 e. The van der Waals surface area contributed by atoms with Crippen LogP contribution in [0, 0.1) is 12.3 Å². The Morgan fingerprint density at radius 1 is 1.17 bits per heavy atom. The van der Waals surface area contributed by atoms with Crippen molar-refractivity contribution in [1.82, 2.24) is 15.1 Å². The number of aryl methyl sites for hydroxylation is 1. The average Bonchev–Trinajstić information content (AvgIpc) is 2.58. The Balaban J connectivity index is 1.48. The fourth-order valence-electron chi connectivity index (χ4n) is 3.82. The summed E-state index contributed by atoms with van der Waals surface area (Å²) in [7, 11) is 1.89. The monoisotopic (exact) mass is 329 g/mol. The minimum absolute atomic E-state index is 0.0191. The lowest BCUT2D eigenvalue weighted by Gasteiger charge is -2.46. The summed E-state index contributed by atoms with van der Waals surface area (Å²) >= 11 is 0. The molecule has 0 radical (unpaired) electrons. The number of hydrogen-bond donors (Lipinski definition) is 1. The van der Waals surface area contributed by atoms with Crippen LogP contribution in [-0.4, -0.2) is 48.4 Å². The van der Waals surface area contributed by atoms with E-state index in [0.717, 1.165) is 44.5 Å². The van der Waals surface area contributed by atoms with Gasteiger partial charge in [-0.15, -0.1) is 0 Å². The van der Waals surface area contributed by atoms with Gasteiger partial charge in [-0.3, -0.25) is 4.79 Å². The Morgan fingerprint density at radius 2 is 1.83 bits per heavy atom. The van der Waals surface area contributed by atoms with Gasteiger partial charge in [-0.25, -0.2) is 4.79 Å². The highest BCUT2D eigenvalue weighted by atomic mass is 16.2. The first kappa shape index (κ1) is 16.8. The number of nitrogens with zero attached hydrogens (tertiary/aromatic N) is 2. The van der Waals surface area contributed by atoms with Crippen LogP contribution in [0.1, 0.15) is 36.8 Å². The van der Waals surface area contributed by atoms with E-state index < -0.39 is 0 Å². The van der Waals surface area contributed by atoms with E-state index in [1.54, 1.807) is 0 Å². The Morgan fingerprint density at radius 3 is 2.46 bits per heavy atom. The lowest BCUT2D eigenvalue weighted by molar-refractivity contribution is -0.137. The van der Waals surface area contributed by atoms with Gasteiger partial charge in [-0.05, 0) is 37.2 Å². The standard InChI is InChI=1S/C19H27N3O2/c1-15-3-5-16(6-4-15)13-20-18(24)22-11-9-19(10-12-22)8-7-17(23)21(2)14-19/h3-6H,7-14H2,1-2H3,(H,20,24). The van der Waals surface area contributed by atoms with Crippen molar-refractivity contribution in [3.8, 4) is 0 Å². The minimum Gasteiger partial charge on any atom is -0.345 e. The molecule has 1 spiro atoms. The van der Waals surface area contributed by atoms with Gasteiger partial charge in [-0.2, -0.15) is 0 Å². The van der Waals surface area contributed by atoms with Gasteiger partial charge in [0.2, 0.25) is 5.91 Å². The summed E-state index contributed by atoms with van der Waals surface area (Å²) in [5.74, 6) is 0.249. The number of rotatable bonds is 2. The van der Waals surface area contributed by atoms with E-state index in [-0.39, 0.29) is 17.4 Å². The SMILES string of the molecule is Cc1ccc(CNC(=O)N2CCC3(CCC(=O)N(C)C3)CC2)cc1. The molecule has 2 aliphatic rings. The Bertz CT molecular complexity index is 604. The fraction of sp³-hybridized carbons (Fsp3) is 0.579. The second-order valence-corrected chi connectivity index (χ2v) is 7.38. The van der Waals surface area contributed by atoms with E-state index >= 15 is 0 Å². The fourth-order valence-corrected chi connectivity index (χ4v) is 3.82. The third kappa shape index (κ3) is 3.71. The van der Waals surface area contributed by atoms with Crippen LogP contribution in [-0.2, 0) is 11.3 Å². The highest BCUT2D eigenvalue weighted by Gasteiger charge is 2.40. The molecule has 0 bridgehead atoms. The van der Waals surface area contributed by atoms with Gasteiger partial charge in [-0.1, -0.05) is 29.8 Å². The molecule has 3 amide bonds. The van der Waals surface area contributed by atoms with Gasteiger partial charge in [0.05, 0.1) is 0 Å². The van der Waals surface area contributed by atoms with Crippen LogP contribution >= 0.6 is 0 Å². The van der Waals surface area contributed by atoms with Crippen molar-refractivity contribution in [2.45, 2.75) is 39.2 Å². The first-order valence-corrected chi connectivity index (χ1v) is 8.80. The van der Waals surface area contributed by atoms with Crippen LogP contribution in [0.3, 0.4) is 0 Å². The van der Waals surface area contributed by atoms with Crippen LogP contribution in [0.15, 0.2) is 24.3 Å². The number of likely N-dealkylation sites (tertiary alicyclic amines) is 2. The van der Waals surface area contributed by atoms with E-state index in [1.807, 2.05) is 16.8 Å². The number of amides is 3. The second-order valence-electron chi connectivity index (χ2n) is 7.38. The molecule has 2 aliphatic heterocycles. The maximum atomic E-state index is 12.4. The van der Waals surface area contributed by atoms with Crippen molar-refractivity contribution in [1.29, 1.82) is 0 Å². The van der Waals surface area contributed by atoms with Gasteiger partial charge in [0.1, 0.15) is 0 Å². The molecule has 2 heterocycles. The Hall–Kier alpha value is -2.04. The first-order valence-electron chi connectivity index (χ1n) is 8.80. The zero-order valence-corrected chi connectivity index (χ0v) is 14.7. The first-order chi connectivity index (χ1) is 11.5. The second kappa shape index (κ2) is 6.83. The molecule has 0 atom stereocenters. The molecule has 1 aromatic rings. The molecule has 1 aromatic carbocycles. The summed E-state index contributed by atoms with van der Waals surface area (Å²) in [5, 5.41) is 3.02. The van der Waals surface area contributed by atoms with Crippen LogP contribution in [0.25, 0.3) is 0 Å². The van der Waals surface area contributed by atoms with Gasteiger partial charge < -0.3 is 15.1 Å². The third-order valence-corrected chi connectivity index (χ3v) is 5.54. The molecule has 5 heteroatoms. The van der Waals surface area contributed by atoms with E-state index in [2.05, 4.69) is 36.5 Å². The zero-order valence-electron chi connectivity index (χ0n) is 14.7. The molecule has 1 N–H and O–H groups in total. The van der Waals surface area contributed by atoms with E-state index in [0.29, 0.717) is 13.0 Å². The summed E-state index contributed by atoms with van der Waals surface area (Å²) < 4.78 is 0. The number of piperidine rings is 2.